The normalized spacial score (nSPS) is 19.0. The predicted molar refractivity (Wildman–Crippen MR) is 91.6 cm³/mol. The van der Waals surface area contributed by atoms with Crippen LogP contribution in [0.5, 0.6) is 0 Å². The van der Waals surface area contributed by atoms with E-state index in [0.717, 1.165) is 31.4 Å². The van der Waals surface area contributed by atoms with Crippen LogP contribution < -0.4 is 5.49 Å². The van der Waals surface area contributed by atoms with Crippen LogP contribution in [0, 0.1) is 11.3 Å². The molecule has 0 unspecified atom stereocenters. The minimum Gasteiger partial charge on any atom is -0.332 e. The maximum Gasteiger partial charge on any atom is 0.281 e. The SMILES string of the molecule is N#Cc1cccn(C(=O)CCN2CCSC2=O)c1=NC1CCCC1. The van der Waals surface area contributed by atoms with Crippen molar-refractivity contribution < 1.29 is 9.59 Å². The van der Waals surface area contributed by atoms with Crippen molar-refractivity contribution in [2.24, 2.45) is 4.99 Å². The Balaban J connectivity index is 1.82. The highest BCUT2D eigenvalue weighted by atomic mass is 32.2. The van der Waals surface area contributed by atoms with Crippen molar-refractivity contribution in [2.75, 3.05) is 18.8 Å². The number of rotatable bonds is 4. The van der Waals surface area contributed by atoms with Gasteiger partial charge in [-0.3, -0.25) is 19.1 Å². The van der Waals surface area contributed by atoms with Gasteiger partial charge in [0.05, 0.1) is 11.6 Å². The molecule has 0 bridgehead atoms. The quantitative estimate of drug-likeness (QED) is 0.840. The standard InChI is InChI=1S/C17H20N4O2S/c18-12-13-4-3-8-21(16(13)19-14-5-1-2-6-14)15(22)7-9-20-10-11-24-17(20)23/h3-4,8,14H,1-2,5-7,9-11H2. The van der Waals surface area contributed by atoms with Gasteiger partial charge < -0.3 is 4.90 Å². The predicted octanol–water partition coefficient (Wildman–Crippen LogP) is 2.40. The van der Waals surface area contributed by atoms with Crippen LogP contribution in [0.4, 0.5) is 4.79 Å². The molecular formula is C17H20N4O2S. The summed E-state index contributed by atoms with van der Waals surface area (Å²) in [4.78, 5) is 30.6. The van der Waals surface area contributed by atoms with Crippen molar-refractivity contribution in [3.8, 4) is 6.07 Å². The van der Waals surface area contributed by atoms with E-state index in [2.05, 4.69) is 11.1 Å². The molecule has 0 aromatic carbocycles. The fraction of sp³-hybridized carbons (Fsp3) is 0.529. The second kappa shape index (κ2) is 7.67. The third-order valence-corrected chi connectivity index (χ3v) is 5.32. The molecule has 6 nitrogen and oxygen atoms in total. The maximum atomic E-state index is 12.6. The Morgan fingerprint density at radius 3 is 2.88 bits per heavy atom. The second-order valence-corrected chi connectivity index (χ2v) is 7.09. The molecule has 1 saturated carbocycles. The van der Waals surface area contributed by atoms with E-state index >= 15 is 0 Å². The van der Waals surface area contributed by atoms with Crippen LogP contribution in [0.25, 0.3) is 0 Å². The van der Waals surface area contributed by atoms with Crippen molar-refractivity contribution in [2.45, 2.75) is 38.1 Å². The molecule has 1 saturated heterocycles. The Morgan fingerprint density at radius 2 is 2.21 bits per heavy atom. The van der Waals surface area contributed by atoms with Crippen LogP contribution >= 0.6 is 11.8 Å². The van der Waals surface area contributed by atoms with Gasteiger partial charge in [0.2, 0.25) is 5.91 Å². The number of hydrogen-bond acceptors (Lipinski definition) is 5. The second-order valence-electron chi connectivity index (χ2n) is 6.04. The van der Waals surface area contributed by atoms with Gasteiger partial charge in [0.25, 0.3) is 5.24 Å². The number of carbonyl (C=O) groups is 2. The highest BCUT2D eigenvalue weighted by Gasteiger charge is 2.22. The van der Waals surface area contributed by atoms with Crippen molar-refractivity contribution >= 4 is 22.9 Å². The van der Waals surface area contributed by atoms with Gasteiger partial charge in [-0.25, -0.2) is 0 Å². The largest absolute Gasteiger partial charge is 0.332 e. The summed E-state index contributed by atoms with van der Waals surface area (Å²) in [5.41, 5.74) is 0.879. The molecule has 1 amide bonds. The van der Waals surface area contributed by atoms with Gasteiger partial charge in [-0.05, 0) is 25.0 Å². The summed E-state index contributed by atoms with van der Waals surface area (Å²) < 4.78 is 1.48. The number of hydrogen-bond donors (Lipinski definition) is 0. The summed E-state index contributed by atoms with van der Waals surface area (Å²) in [6, 6.07) is 5.71. The zero-order chi connectivity index (χ0) is 16.9. The summed E-state index contributed by atoms with van der Waals surface area (Å²) in [6.07, 6.45) is 6.20. The van der Waals surface area contributed by atoms with E-state index in [-0.39, 0.29) is 23.6 Å². The molecule has 1 aromatic rings. The van der Waals surface area contributed by atoms with Gasteiger partial charge in [0, 0.05) is 31.5 Å². The number of nitriles is 1. The van der Waals surface area contributed by atoms with E-state index in [1.165, 1.54) is 16.3 Å². The fourth-order valence-electron chi connectivity index (χ4n) is 3.11. The average molecular weight is 344 g/mol. The Kier molecular flexibility index (Phi) is 5.36. The molecule has 0 atom stereocenters. The molecule has 1 aromatic heterocycles. The highest BCUT2D eigenvalue weighted by Crippen LogP contribution is 2.20. The fourth-order valence-corrected chi connectivity index (χ4v) is 3.96. The molecule has 2 aliphatic rings. The molecule has 1 aliphatic carbocycles. The molecule has 3 rings (SSSR count). The molecule has 126 valence electrons. The Labute approximate surface area is 145 Å². The minimum atomic E-state index is -0.131. The number of pyridine rings is 1. The van der Waals surface area contributed by atoms with Crippen LogP contribution in [-0.4, -0.2) is 45.5 Å². The molecule has 0 N–H and O–H groups in total. The van der Waals surface area contributed by atoms with Crippen molar-refractivity contribution in [3.05, 3.63) is 29.4 Å². The first-order chi connectivity index (χ1) is 11.7. The summed E-state index contributed by atoms with van der Waals surface area (Å²) in [5, 5.41) is 9.38. The minimum absolute atomic E-state index is 0.0365. The Hall–Kier alpha value is -2.07. The molecule has 0 spiro atoms. The van der Waals surface area contributed by atoms with E-state index in [1.54, 1.807) is 23.2 Å². The summed E-state index contributed by atoms with van der Waals surface area (Å²) in [5.74, 6) is 0.653. The Bertz CT molecular complexity index is 744. The van der Waals surface area contributed by atoms with Crippen LogP contribution in [0.3, 0.4) is 0 Å². The van der Waals surface area contributed by atoms with Gasteiger partial charge in [-0.1, -0.05) is 24.6 Å². The van der Waals surface area contributed by atoms with Gasteiger partial charge in [-0.15, -0.1) is 0 Å². The first-order valence-electron chi connectivity index (χ1n) is 8.29. The summed E-state index contributed by atoms with van der Waals surface area (Å²) in [6.45, 7) is 1.11. The average Bonchev–Trinajstić information content (AvgIpc) is 3.24. The monoisotopic (exact) mass is 344 g/mol. The highest BCUT2D eigenvalue weighted by molar-refractivity contribution is 8.13. The van der Waals surface area contributed by atoms with E-state index in [1.807, 2.05) is 0 Å². The number of amides is 1. The third kappa shape index (κ3) is 3.70. The zero-order valence-corrected chi connectivity index (χ0v) is 14.3. The van der Waals surface area contributed by atoms with Gasteiger partial charge in [0.15, 0.2) is 5.49 Å². The molecule has 24 heavy (non-hydrogen) atoms. The van der Waals surface area contributed by atoms with E-state index in [0.29, 0.717) is 24.1 Å². The lowest BCUT2D eigenvalue weighted by Gasteiger charge is -2.15. The topological polar surface area (TPSA) is 78.5 Å². The van der Waals surface area contributed by atoms with Gasteiger partial charge in [0.1, 0.15) is 6.07 Å². The lowest BCUT2D eigenvalue weighted by Crippen LogP contribution is -2.33. The van der Waals surface area contributed by atoms with E-state index < -0.39 is 0 Å². The van der Waals surface area contributed by atoms with Crippen molar-refractivity contribution in [3.63, 3.8) is 0 Å². The molecule has 1 aliphatic heterocycles. The molecule has 2 fully saturated rings. The first kappa shape index (κ1) is 16.8. The molecule has 0 radical (unpaired) electrons. The van der Waals surface area contributed by atoms with E-state index in [9.17, 15) is 14.9 Å². The lowest BCUT2D eigenvalue weighted by atomic mass is 10.2. The van der Waals surface area contributed by atoms with Crippen LogP contribution in [0.1, 0.15) is 42.5 Å². The number of nitrogens with zero attached hydrogens (tertiary/aromatic N) is 4. The molecular weight excluding hydrogens is 324 g/mol. The smallest absolute Gasteiger partial charge is 0.281 e. The van der Waals surface area contributed by atoms with Crippen LogP contribution in [-0.2, 0) is 0 Å². The van der Waals surface area contributed by atoms with E-state index in [4.69, 9.17) is 0 Å². The van der Waals surface area contributed by atoms with Crippen LogP contribution in [0.15, 0.2) is 23.3 Å². The zero-order valence-electron chi connectivity index (χ0n) is 13.5. The molecule has 7 heteroatoms. The third-order valence-electron chi connectivity index (χ3n) is 4.43. The first-order valence-corrected chi connectivity index (χ1v) is 9.28. The van der Waals surface area contributed by atoms with Crippen molar-refractivity contribution in [1.29, 1.82) is 5.26 Å². The number of thioether (sulfide) groups is 1. The van der Waals surface area contributed by atoms with Crippen molar-refractivity contribution in [1.82, 2.24) is 9.47 Å². The Morgan fingerprint density at radius 1 is 1.42 bits per heavy atom. The number of aromatic nitrogens is 1. The van der Waals surface area contributed by atoms with Gasteiger partial charge >= 0.3 is 0 Å². The number of carbonyl (C=O) groups excluding carboxylic acids is 2. The maximum absolute atomic E-state index is 12.6. The lowest BCUT2D eigenvalue weighted by molar-refractivity contribution is 0.0887. The molecule has 2 heterocycles. The van der Waals surface area contributed by atoms with Gasteiger partial charge in [-0.2, -0.15) is 5.26 Å². The van der Waals surface area contributed by atoms with Crippen LogP contribution in [0.2, 0.25) is 0 Å². The summed E-state index contributed by atoms with van der Waals surface area (Å²) >= 11 is 1.29. The summed E-state index contributed by atoms with van der Waals surface area (Å²) in [7, 11) is 0.